The second-order valence-electron chi connectivity index (χ2n) is 5.68. The lowest BCUT2D eigenvalue weighted by atomic mass is 9.85. The summed E-state index contributed by atoms with van der Waals surface area (Å²) in [6.45, 7) is 6.16. The lowest BCUT2D eigenvalue weighted by Crippen LogP contribution is -2.20. The van der Waals surface area contributed by atoms with Gasteiger partial charge in [0.2, 0.25) is 0 Å². The SMILES string of the molecule is CC(=O)c1c2c(c(C(C)(C)O)c3c1OCC3)OCC2. The molecule has 0 atom stereocenters. The van der Waals surface area contributed by atoms with Crippen LogP contribution >= 0.6 is 0 Å². The van der Waals surface area contributed by atoms with Gasteiger partial charge in [0, 0.05) is 29.5 Å². The summed E-state index contributed by atoms with van der Waals surface area (Å²) in [6.07, 6.45) is 1.41. The lowest BCUT2D eigenvalue weighted by Gasteiger charge is -2.25. The zero-order valence-electron chi connectivity index (χ0n) is 11.5. The molecule has 4 heteroatoms. The molecule has 0 aromatic heterocycles. The second-order valence-corrected chi connectivity index (χ2v) is 5.68. The first-order chi connectivity index (χ1) is 8.91. The molecule has 102 valence electrons. The highest BCUT2D eigenvalue weighted by Gasteiger charge is 2.37. The van der Waals surface area contributed by atoms with E-state index >= 15 is 0 Å². The molecule has 0 aliphatic carbocycles. The highest BCUT2D eigenvalue weighted by molar-refractivity contribution is 6.00. The number of carbonyl (C=O) groups excluding carboxylic acids is 1. The molecule has 1 N–H and O–H groups in total. The smallest absolute Gasteiger partial charge is 0.163 e. The van der Waals surface area contributed by atoms with Gasteiger partial charge >= 0.3 is 0 Å². The first-order valence-electron chi connectivity index (χ1n) is 6.62. The molecule has 1 aromatic carbocycles. The molecule has 0 bridgehead atoms. The molecule has 0 radical (unpaired) electrons. The maximum Gasteiger partial charge on any atom is 0.163 e. The van der Waals surface area contributed by atoms with Crippen molar-refractivity contribution in [3.8, 4) is 11.5 Å². The molecule has 0 saturated carbocycles. The van der Waals surface area contributed by atoms with Gasteiger partial charge in [0.15, 0.2) is 5.78 Å². The number of rotatable bonds is 2. The summed E-state index contributed by atoms with van der Waals surface area (Å²) >= 11 is 0. The second kappa shape index (κ2) is 3.97. The summed E-state index contributed by atoms with van der Waals surface area (Å²) in [5, 5.41) is 10.4. The summed E-state index contributed by atoms with van der Waals surface area (Å²) in [4.78, 5) is 11.9. The van der Waals surface area contributed by atoms with Crippen molar-refractivity contribution in [3.63, 3.8) is 0 Å². The van der Waals surface area contributed by atoms with Crippen molar-refractivity contribution in [2.24, 2.45) is 0 Å². The summed E-state index contributed by atoms with van der Waals surface area (Å²) in [5.41, 5.74) is 2.26. The van der Waals surface area contributed by atoms with E-state index in [4.69, 9.17) is 9.47 Å². The third-order valence-electron chi connectivity index (χ3n) is 3.77. The minimum absolute atomic E-state index is 0.00203. The summed E-state index contributed by atoms with van der Waals surface area (Å²) in [7, 11) is 0. The maximum atomic E-state index is 11.9. The Kier molecular flexibility index (Phi) is 2.61. The lowest BCUT2D eigenvalue weighted by molar-refractivity contribution is 0.0745. The van der Waals surface area contributed by atoms with Crippen LogP contribution in [0.3, 0.4) is 0 Å². The van der Waals surface area contributed by atoms with E-state index in [0.717, 1.165) is 16.7 Å². The van der Waals surface area contributed by atoms with Crippen molar-refractivity contribution in [1.29, 1.82) is 0 Å². The zero-order valence-corrected chi connectivity index (χ0v) is 11.5. The molecule has 3 rings (SSSR count). The monoisotopic (exact) mass is 262 g/mol. The number of carbonyl (C=O) groups is 1. The van der Waals surface area contributed by atoms with E-state index in [1.54, 1.807) is 20.8 Å². The molecule has 0 unspecified atom stereocenters. The number of ether oxygens (including phenoxy) is 2. The van der Waals surface area contributed by atoms with E-state index in [9.17, 15) is 9.90 Å². The van der Waals surface area contributed by atoms with Crippen molar-refractivity contribution < 1.29 is 19.4 Å². The van der Waals surface area contributed by atoms with E-state index in [-0.39, 0.29) is 5.78 Å². The van der Waals surface area contributed by atoms with Crippen LogP contribution in [0.5, 0.6) is 11.5 Å². The van der Waals surface area contributed by atoms with Crippen LogP contribution in [0, 0.1) is 0 Å². The fourth-order valence-electron chi connectivity index (χ4n) is 3.13. The predicted molar refractivity (Wildman–Crippen MR) is 70.1 cm³/mol. The molecular formula is C15H18O4. The minimum Gasteiger partial charge on any atom is -0.493 e. The van der Waals surface area contributed by atoms with Crippen molar-refractivity contribution in [2.75, 3.05) is 13.2 Å². The Morgan fingerprint density at radius 3 is 2.26 bits per heavy atom. The standard InChI is InChI=1S/C15H18O4/c1-8(16)11-9-4-6-19-14(9)12(15(2,3)17)10-5-7-18-13(10)11/h17H,4-7H2,1-3H3. The minimum atomic E-state index is -0.998. The van der Waals surface area contributed by atoms with Crippen LogP contribution in [0.1, 0.15) is 47.8 Å². The molecular weight excluding hydrogens is 244 g/mol. The van der Waals surface area contributed by atoms with E-state index in [1.807, 2.05) is 0 Å². The number of Topliss-reactive ketones (excluding diaryl/α,β-unsaturated/α-hetero) is 1. The quantitative estimate of drug-likeness (QED) is 0.828. The molecule has 0 saturated heterocycles. The highest BCUT2D eigenvalue weighted by atomic mass is 16.5. The fraction of sp³-hybridized carbons (Fsp3) is 0.533. The zero-order chi connectivity index (χ0) is 13.8. The molecule has 0 amide bonds. The van der Waals surface area contributed by atoms with Crippen LogP contribution in [0.4, 0.5) is 0 Å². The average Bonchev–Trinajstić information content (AvgIpc) is 2.89. The van der Waals surface area contributed by atoms with Gasteiger partial charge in [-0.25, -0.2) is 0 Å². The van der Waals surface area contributed by atoms with Crippen LogP contribution in [-0.4, -0.2) is 24.1 Å². The van der Waals surface area contributed by atoms with E-state index in [0.29, 0.717) is 43.1 Å². The van der Waals surface area contributed by atoms with Gasteiger partial charge in [-0.2, -0.15) is 0 Å². The van der Waals surface area contributed by atoms with Gasteiger partial charge in [-0.15, -0.1) is 0 Å². The summed E-state index contributed by atoms with van der Waals surface area (Å²) in [6, 6.07) is 0. The van der Waals surface area contributed by atoms with Crippen LogP contribution in [0.2, 0.25) is 0 Å². The van der Waals surface area contributed by atoms with Gasteiger partial charge < -0.3 is 14.6 Å². The third kappa shape index (κ3) is 1.74. The number of fused-ring (bicyclic) bond motifs is 2. The Hall–Kier alpha value is -1.55. The van der Waals surface area contributed by atoms with Crippen LogP contribution in [0.25, 0.3) is 0 Å². The Morgan fingerprint density at radius 2 is 1.68 bits per heavy atom. The van der Waals surface area contributed by atoms with E-state index in [2.05, 4.69) is 0 Å². The summed E-state index contributed by atoms with van der Waals surface area (Å²) in [5.74, 6) is 1.36. The first-order valence-corrected chi connectivity index (χ1v) is 6.62. The number of hydrogen-bond donors (Lipinski definition) is 1. The largest absolute Gasteiger partial charge is 0.493 e. The molecule has 19 heavy (non-hydrogen) atoms. The molecule has 4 nitrogen and oxygen atoms in total. The highest BCUT2D eigenvalue weighted by Crippen LogP contribution is 2.48. The topological polar surface area (TPSA) is 55.8 Å². The Balaban J connectivity index is 2.38. The number of hydrogen-bond acceptors (Lipinski definition) is 4. The van der Waals surface area contributed by atoms with Gasteiger partial charge in [-0.05, 0) is 20.8 Å². The fourth-order valence-corrected chi connectivity index (χ4v) is 3.13. The normalized spacial score (nSPS) is 16.6. The number of aliphatic hydroxyl groups is 1. The van der Waals surface area contributed by atoms with Crippen molar-refractivity contribution in [3.05, 3.63) is 22.3 Å². The third-order valence-corrected chi connectivity index (χ3v) is 3.77. The van der Waals surface area contributed by atoms with Crippen molar-refractivity contribution >= 4 is 5.78 Å². The van der Waals surface area contributed by atoms with Crippen LogP contribution in [0.15, 0.2) is 0 Å². The Bertz CT molecular complexity index is 531. The maximum absolute atomic E-state index is 11.9. The van der Waals surface area contributed by atoms with E-state index in [1.165, 1.54) is 0 Å². The number of ketones is 1. The van der Waals surface area contributed by atoms with Crippen LogP contribution < -0.4 is 9.47 Å². The van der Waals surface area contributed by atoms with Crippen LogP contribution in [-0.2, 0) is 18.4 Å². The summed E-state index contributed by atoms with van der Waals surface area (Å²) < 4.78 is 11.4. The Morgan fingerprint density at radius 1 is 1.11 bits per heavy atom. The molecule has 0 spiro atoms. The van der Waals surface area contributed by atoms with Gasteiger partial charge in [0.25, 0.3) is 0 Å². The van der Waals surface area contributed by atoms with Crippen molar-refractivity contribution in [2.45, 2.75) is 39.2 Å². The average molecular weight is 262 g/mol. The molecule has 2 aliphatic heterocycles. The predicted octanol–water partition coefficient (Wildman–Crippen LogP) is 1.99. The number of benzene rings is 1. The van der Waals surface area contributed by atoms with Gasteiger partial charge in [-0.1, -0.05) is 0 Å². The van der Waals surface area contributed by atoms with E-state index < -0.39 is 5.60 Å². The van der Waals surface area contributed by atoms with Gasteiger partial charge in [-0.3, -0.25) is 4.79 Å². The van der Waals surface area contributed by atoms with Gasteiger partial charge in [0.1, 0.15) is 11.5 Å². The van der Waals surface area contributed by atoms with Gasteiger partial charge in [0.05, 0.1) is 24.4 Å². The molecule has 0 fully saturated rings. The first kappa shape index (κ1) is 12.5. The molecule has 1 aromatic rings. The molecule has 2 heterocycles. The van der Waals surface area contributed by atoms with Crippen molar-refractivity contribution in [1.82, 2.24) is 0 Å². The Labute approximate surface area is 112 Å². The molecule has 2 aliphatic rings.